The van der Waals surface area contributed by atoms with Gasteiger partial charge in [0, 0.05) is 19.9 Å². The molecule has 0 saturated heterocycles. The van der Waals surface area contributed by atoms with Gasteiger partial charge in [-0.05, 0) is 12.1 Å². The molecule has 2 heterocycles. The zero-order chi connectivity index (χ0) is 14.8. The number of carbonyl (C=O) groups excluding carboxylic acids is 1. The van der Waals surface area contributed by atoms with Crippen molar-refractivity contribution in [1.82, 2.24) is 19.7 Å². The van der Waals surface area contributed by atoms with Crippen LogP contribution in [0.5, 0.6) is 0 Å². The largest absolute Gasteiger partial charge is 0.336 e. The number of nitrogens with two attached hydrogens (primary N) is 1. The number of likely N-dealkylation sites (N-methyl/N-ethyl adjacent to an activating group) is 1. The molecule has 0 spiro atoms. The zero-order valence-electron chi connectivity index (χ0n) is 12.5. The first-order valence-corrected chi connectivity index (χ1v) is 7.12. The fraction of sp³-hybridized carbons (Fsp3) is 0.400. The lowest BCUT2D eigenvalue weighted by atomic mass is 10.0. The highest BCUT2D eigenvalue weighted by molar-refractivity contribution is 5.85. The fourth-order valence-corrected chi connectivity index (χ4v) is 2.80. The van der Waals surface area contributed by atoms with E-state index in [1.807, 2.05) is 34.9 Å². The maximum Gasteiger partial charge on any atom is 0.246 e. The zero-order valence-corrected chi connectivity index (χ0v) is 13.3. The van der Waals surface area contributed by atoms with Gasteiger partial charge in [-0.25, -0.2) is 0 Å². The van der Waals surface area contributed by atoms with Gasteiger partial charge < -0.3 is 15.2 Å². The Bertz CT molecular complexity index is 629. The number of aromatic nitrogens is 3. The normalized spacial score (nSPS) is 17.1. The highest BCUT2D eigenvalue weighted by atomic mass is 35.5. The summed E-state index contributed by atoms with van der Waals surface area (Å²) in [7, 11) is 1.81. The molecule has 118 valence electrons. The van der Waals surface area contributed by atoms with E-state index < -0.39 is 0 Å². The van der Waals surface area contributed by atoms with Gasteiger partial charge >= 0.3 is 0 Å². The number of halogens is 1. The Morgan fingerprint density at radius 1 is 1.27 bits per heavy atom. The number of rotatable bonds is 4. The third-order valence-electron chi connectivity index (χ3n) is 3.83. The number of fused-ring (bicyclic) bond motifs is 1. The van der Waals surface area contributed by atoms with E-state index in [2.05, 4.69) is 10.2 Å². The Labute approximate surface area is 135 Å². The van der Waals surface area contributed by atoms with Crippen molar-refractivity contribution in [2.75, 3.05) is 13.6 Å². The van der Waals surface area contributed by atoms with Gasteiger partial charge in [0.25, 0.3) is 0 Å². The third-order valence-corrected chi connectivity index (χ3v) is 3.83. The first-order chi connectivity index (χ1) is 10.2. The molecule has 1 amide bonds. The van der Waals surface area contributed by atoms with E-state index in [1.165, 1.54) is 0 Å². The maximum atomic E-state index is 12.6. The van der Waals surface area contributed by atoms with E-state index in [0.29, 0.717) is 25.9 Å². The van der Waals surface area contributed by atoms with Gasteiger partial charge in [-0.3, -0.25) is 4.79 Å². The molecule has 2 N–H and O–H groups in total. The van der Waals surface area contributed by atoms with E-state index in [4.69, 9.17) is 5.73 Å². The molecule has 1 atom stereocenters. The van der Waals surface area contributed by atoms with Crippen LogP contribution < -0.4 is 5.73 Å². The minimum atomic E-state index is -0.280. The molecule has 2 aromatic rings. The number of nitrogens with zero attached hydrogens (tertiary/aromatic N) is 4. The minimum absolute atomic E-state index is 0. The second-order valence-corrected chi connectivity index (χ2v) is 5.34. The molecule has 6 nitrogen and oxygen atoms in total. The molecular formula is C15H20ClN5O. The molecule has 0 unspecified atom stereocenters. The Hall–Kier alpha value is -1.92. The molecule has 1 aliphatic heterocycles. The molecule has 1 aliphatic rings. The number of hydrogen-bond acceptors (Lipinski definition) is 4. The van der Waals surface area contributed by atoms with E-state index in [0.717, 1.165) is 17.2 Å². The standard InChI is InChI=1S/C15H19N5O.ClH/c1-19-10-14-18-17-13(7-8-16)20(14)12(15(19)21)9-11-5-3-2-4-6-11;/h2-6,12H,7-10,16H2,1H3;1H/t12-;/m0./s1. The van der Waals surface area contributed by atoms with Gasteiger partial charge in [0.1, 0.15) is 11.9 Å². The van der Waals surface area contributed by atoms with Crippen molar-refractivity contribution in [2.24, 2.45) is 5.73 Å². The van der Waals surface area contributed by atoms with E-state index in [9.17, 15) is 4.79 Å². The van der Waals surface area contributed by atoms with Crippen LogP contribution in [0.2, 0.25) is 0 Å². The summed E-state index contributed by atoms with van der Waals surface area (Å²) in [5.41, 5.74) is 6.77. The predicted octanol–water partition coefficient (Wildman–Crippen LogP) is 0.957. The van der Waals surface area contributed by atoms with Crippen LogP contribution in [-0.4, -0.2) is 39.2 Å². The smallest absolute Gasteiger partial charge is 0.246 e. The Morgan fingerprint density at radius 2 is 2.00 bits per heavy atom. The van der Waals surface area contributed by atoms with Crippen molar-refractivity contribution in [1.29, 1.82) is 0 Å². The second kappa shape index (κ2) is 6.89. The van der Waals surface area contributed by atoms with Gasteiger partial charge in [-0.1, -0.05) is 30.3 Å². The molecule has 7 heteroatoms. The Balaban J connectivity index is 0.00000176. The summed E-state index contributed by atoms with van der Waals surface area (Å²) in [6.45, 7) is 1.00. The van der Waals surface area contributed by atoms with Crippen LogP contribution in [0, 0.1) is 0 Å². The molecule has 0 radical (unpaired) electrons. The van der Waals surface area contributed by atoms with Crippen LogP contribution in [0.15, 0.2) is 30.3 Å². The summed E-state index contributed by atoms with van der Waals surface area (Å²) < 4.78 is 1.97. The van der Waals surface area contributed by atoms with E-state index in [1.54, 1.807) is 11.9 Å². The lowest BCUT2D eigenvalue weighted by molar-refractivity contribution is -0.136. The number of carbonyl (C=O) groups is 1. The van der Waals surface area contributed by atoms with E-state index >= 15 is 0 Å². The van der Waals surface area contributed by atoms with Gasteiger partial charge in [0.05, 0.1) is 6.54 Å². The average Bonchev–Trinajstić information content (AvgIpc) is 2.88. The van der Waals surface area contributed by atoms with Crippen LogP contribution in [0.3, 0.4) is 0 Å². The second-order valence-electron chi connectivity index (χ2n) is 5.34. The number of amides is 1. The summed E-state index contributed by atoms with van der Waals surface area (Å²) in [6, 6.07) is 9.74. The predicted molar refractivity (Wildman–Crippen MR) is 85.7 cm³/mol. The number of benzene rings is 1. The maximum absolute atomic E-state index is 12.6. The molecule has 3 rings (SSSR count). The highest BCUT2D eigenvalue weighted by Crippen LogP contribution is 2.25. The van der Waals surface area contributed by atoms with Gasteiger partial charge in [0.15, 0.2) is 5.82 Å². The molecule has 1 aromatic heterocycles. The van der Waals surface area contributed by atoms with Crippen molar-refractivity contribution in [3.8, 4) is 0 Å². The molecule has 22 heavy (non-hydrogen) atoms. The SMILES string of the molecule is CN1Cc2nnc(CCN)n2[C@@H](Cc2ccccc2)C1=O.Cl. The van der Waals surface area contributed by atoms with Crippen LogP contribution in [-0.2, 0) is 24.2 Å². The third kappa shape index (κ3) is 2.98. The van der Waals surface area contributed by atoms with Crippen molar-refractivity contribution >= 4 is 18.3 Å². The van der Waals surface area contributed by atoms with Crippen LogP contribution in [0.1, 0.15) is 23.3 Å². The molecular weight excluding hydrogens is 302 g/mol. The van der Waals surface area contributed by atoms with Crippen LogP contribution in [0.4, 0.5) is 0 Å². The first kappa shape index (κ1) is 16.5. The Kier molecular flexibility index (Phi) is 5.15. The lowest BCUT2D eigenvalue weighted by Crippen LogP contribution is -2.42. The van der Waals surface area contributed by atoms with Crippen molar-refractivity contribution in [2.45, 2.75) is 25.4 Å². The summed E-state index contributed by atoms with van der Waals surface area (Å²) in [5.74, 6) is 1.74. The van der Waals surface area contributed by atoms with Crippen molar-refractivity contribution in [3.63, 3.8) is 0 Å². The topological polar surface area (TPSA) is 77.0 Å². The molecule has 0 bridgehead atoms. The van der Waals surface area contributed by atoms with Gasteiger partial charge in [-0.15, -0.1) is 22.6 Å². The van der Waals surface area contributed by atoms with Crippen molar-refractivity contribution < 1.29 is 4.79 Å². The fourth-order valence-electron chi connectivity index (χ4n) is 2.80. The molecule has 0 fully saturated rings. The highest BCUT2D eigenvalue weighted by Gasteiger charge is 2.34. The monoisotopic (exact) mass is 321 g/mol. The van der Waals surface area contributed by atoms with Crippen LogP contribution >= 0.6 is 12.4 Å². The summed E-state index contributed by atoms with van der Waals surface area (Å²) >= 11 is 0. The summed E-state index contributed by atoms with van der Waals surface area (Å²) in [6.07, 6.45) is 1.28. The molecule has 1 aromatic carbocycles. The quantitative estimate of drug-likeness (QED) is 0.910. The minimum Gasteiger partial charge on any atom is -0.336 e. The summed E-state index contributed by atoms with van der Waals surface area (Å²) in [4.78, 5) is 14.3. The van der Waals surface area contributed by atoms with Gasteiger partial charge in [0.2, 0.25) is 5.91 Å². The summed E-state index contributed by atoms with van der Waals surface area (Å²) in [5, 5.41) is 8.42. The lowest BCUT2D eigenvalue weighted by Gasteiger charge is -2.31. The Morgan fingerprint density at radius 3 is 2.68 bits per heavy atom. The first-order valence-electron chi connectivity index (χ1n) is 7.12. The molecule has 0 saturated carbocycles. The van der Waals surface area contributed by atoms with Crippen LogP contribution in [0.25, 0.3) is 0 Å². The number of hydrogen-bond donors (Lipinski definition) is 1. The van der Waals surface area contributed by atoms with Crippen molar-refractivity contribution in [3.05, 3.63) is 47.5 Å². The molecule has 0 aliphatic carbocycles. The van der Waals surface area contributed by atoms with Gasteiger partial charge in [-0.2, -0.15) is 0 Å². The average molecular weight is 322 g/mol. The van der Waals surface area contributed by atoms with E-state index in [-0.39, 0.29) is 24.4 Å².